The Morgan fingerprint density at radius 1 is 1.11 bits per heavy atom. The zero-order valence-corrected chi connectivity index (χ0v) is 21.2. The minimum absolute atomic E-state index is 0.0359. The summed E-state index contributed by atoms with van der Waals surface area (Å²) in [5.41, 5.74) is 2.17. The van der Waals surface area contributed by atoms with E-state index in [9.17, 15) is 28.0 Å². The number of nitrogens with one attached hydrogen (secondary N) is 2. The number of sulfone groups is 1. The molecule has 3 N–H and O–H groups in total. The van der Waals surface area contributed by atoms with E-state index in [0.29, 0.717) is 30.9 Å². The fourth-order valence-corrected chi connectivity index (χ4v) is 6.73. The molecule has 37 heavy (non-hydrogen) atoms. The summed E-state index contributed by atoms with van der Waals surface area (Å²) in [5.74, 6) is -0.814. The lowest BCUT2D eigenvalue weighted by Gasteiger charge is -2.34. The molecule has 11 nitrogen and oxygen atoms in total. The monoisotopic (exact) mass is 530 g/mol. The second-order valence-corrected chi connectivity index (χ2v) is 11.3. The standard InChI is InChI=1S/C25H30N4O7S/c1-18-22(30)28(24(32)29(18)19-6-3-2-4-7-19)16-5-17-36-20-8-10-21(11-9-20)37(34,35)25(23(31)27-33)12-14-26-15-13-25/h2-4,6-11,18,26,33H,5,12-17H2,1H3,(H,27,31)/t18-/m1/s1. The number of hydrogen-bond acceptors (Lipinski definition) is 8. The van der Waals surface area contributed by atoms with Crippen molar-refractivity contribution in [1.82, 2.24) is 15.7 Å². The van der Waals surface area contributed by atoms with Crippen LogP contribution in [0.4, 0.5) is 10.5 Å². The van der Waals surface area contributed by atoms with Crippen molar-refractivity contribution >= 4 is 33.4 Å². The van der Waals surface area contributed by atoms with Crippen molar-refractivity contribution in [3.8, 4) is 5.75 Å². The van der Waals surface area contributed by atoms with Gasteiger partial charge in [0.05, 0.1) is 11.5 Å². The first-order valence-electron chi connectivity index (χ1n) is 12.1. The number of nitrogens with zero attached hydrogens (tertiary/aromatic N) is 2. The molecule has 0 aliphatic carbocycles. The van der Waals surface area contributed by atoms with E-state index in [-0.39, 0.29) is 42.8 Å². The molecule has 4 rings (SSSR count). The number of amides is 4. The third kappa shape index (κ3) is 4.91. The van der Waals surface area contributed by atoms with E-state index in [0.717, 1.165) is 0 Å². The van der Waals surface area contributed by atoms with Crippen LogP contribution in [0.25, 0.3) is 0 Å². The number of hydroxylamine groups is 1. The Bertz CT molecular complexity index is 1250. The van der Waals surface area contributed by atoms with Crippen molar-refractivity contribution in [2.45, 2.75) is 41.9 Å². The molecule has 0 spiro atoms. The normalized spacial score (nSPS) is 19.7. The second kappa shape index (κ2) is 10.9. The molecule has 0 unspecified atom stereocenters. The van der Waals surface area contributed by atoms with Crippen LogP contribution >= 0.6 is 0 Å². The van der Waals surface area contributed by atoms with Crippen molar-refractivity contribution < 1.29 is 32.7 Å². The molecule has 2 heterocycles. The van der Waals surface area contributed by atoms with Gasteiger partial charge in [-0.3, -0.25) is 24.6 Å². The Hall–Kier alpha value is -3.48. The van der Waals surface area contributed by atoms with Crippen LogP contribution in [0.2, 0.25) is 0 Å². The fourth-order valence-electron chi connectivity index (χ4n) is 4.76. The lowest BCUT2D eigenvalue weighted by Crippen LogP contribution is -2.57. The zero-order chi connectivity index (χ0) is 26.6. The first-order valence-corrected chi connectivity index (χ1v) is 13.5. The smallest absolute Gasteiger partial charge is 0.331 e. The lowest BCUT2D eigenvalue weighted by atomic mass is 9.96. The van der Waals surface area contributed by atoms with Crippen LogP contribution in [0.5, 0.6) is 5.75 Å². The highest BCUT2D eigenvalue weighted by Crippen LogP contribution is 2.35. The predicted octanol–water partition coefficient (Wildman–Crippen LogP) is 1.71. The van der Waals surface area contributed by atoms with Gasteiger partial charge in [-0.1, -0.05) is 18.2 Å². The van der Waals surface area contributed by atoms with Gasteiger partial charge in [-0.25, -0.2) is 18.7 Å². The largest absolute Gasteiger partial charge is 0.494 e. The van der Waals surface area contributed by atoms with Gasteiger partial charge in [0.1, 0.15) is 11.8 Å². The van der Waals surface area contributed by atoms with Crippen LogP contribution in [-0.2, 0) is 19.4 Å². The molecule has 2 aliphatic heterocycles. The van der Waals surface area contributed by atoms with Gasteiger partial charge in [0.2, 0.25) is 0 Å². The van der Waals surface area contributed by atoms with Gasteiger partial charge in [0, 0.05) is 12.2 Å². The highest BCUT2D eigenvalue weighted by molar-refractivity contribution is 7.93. The van der Waals surface area contributed by atoms with Crippen molar-refractivity contribution in [2.75, 3.05) is 31.1 Å². The Labute approximate surface area is 215 Å². The summed E-state index contributed by atoms with van der Waals surface area (Å²) < 4.78 is 30.6. The summed E-state index contributed by atoms with van der Waals surface area (Å²) >= 11 is 0. The van der Waals surface area contributed by atoms with Crippen molar-refractivity contribution in [3.05, 3.63) is 54.6 Å². The van der Waals surface area contributed by atoms with Crippen molar-refractivity contribution in [2.24, 2.45) is 0 Å². The van der Waals surface area contributed by atoms with E-state index in [2.05, 4.69) is 5.32 Å². The number of para-hydroxylation sites is 1. The van der Waals surface area contributed by atoms with E-state index in [1.54, 1.807) is 31.2 Å². The zero-order valence-electron chi connectivity index (χ0n) is 20.4. The lowest BCUT2D eigenvalue weighted by molar-refractivity contribution is -0.132. The molecule has 0 aromatic heterocycles. The number of carbonyl (C=O) groups is 3. The molecule has 1 atom stereocenters. The van der Waals surface area contributed by atoms with Crippen molar-refractivity contribution in [1.29, 1.82) is 0 Å². The third-order valence-electron chi connectivity index (χ3n) is 6.85. The molecule has 0 saturated carbocycles. The molecular weight excluding hydrogens is 500 g/mol. The molecule has 12 heteroatoms. The van der Waals surface area contributed by atoms with Crippen LogP contribution in [0, 0.1) is 0 Å². The number of urea groups is 1. The molecule has 198 valence electrons. The maximum absolute atomic E-state index is 13.3. The summed E-state index contributed by atoms with van der Waals surface area (Å²) in [5, 5.41) is 12.2. The van der Waals surface area contributed by atoms with Gasteiger partial charge in [-0.05, 0) is 75.7 Å². The van der Waals surface area contributed by atoms with Crippen LogP contribution in [0.3, 0.4) is 0 Å². The van der Waals surface area contributed by atoms with E-state index >= 15 is 0 Å². The second-order valence-electron chi connectivity index (χ2n) is 9.02. The first kappa shape index (κ1) is 26.6. The molecule has 2 aromatic carbocycles. The average Bonchev–Trinajstić information content (AvgIpc) is 3.14. The average molecular weight is 531 g/mol. The summed E-state index contributed by atoms with van der Waals surface area (Å²) in [6, 6.07) is 13.7. The van der Waals surface area contributed by atoms with E-state index in [4.69, 9.17) is 4.74 Å². The van der Waals surface area contributed by atoms with Gasteiger partial charge >= 0.3 is 6.03 Å². The summed E-state index contributed by atoms with van der Waals surface area (Å²) in [6.45, 7) is 2.74. The summed E-state index contributed by atoms with van der Waals surface area (Å²) in [7, 11) is -4.09. The van der Waals surface area contributed by atoms with Crippen LogP contribution in [0.15, 0.2) is 59.5 Å². The highest BCUT2D eigenvalue weighted by Gasteiger charge is 2.51. The van der Waals surface area contributed by atoms with Gasteiger partial charge in [-0.15, -0.1) is 0 Å². The summed E-state index contributed by atoms with van der Waals surface area (Å²) in [6.07, 6.45) is 0.460. The van der Waals surface area contributed by atoms with Crippen LogP contribution < -0.4 is 20.4 Å². The maximum atomic E-state index is 13.3. The fraction of sp³-hybridized carbons (Fsp3) is 0.400. The minimum atomic E-state index is -4.09. The molecule has 0 radical (unpaired) electrons. The highest BCUT2D eigenvalue weighted by atomic mass is 32.2. The van der Waals surface area contributed by atoms with Crippen LogP contribution in [-0.4, -0.2) is 73.4 Å². The number of rotatable bonds is 9. The molecule has 0 bridgehead atoms. The van der Waals surface area contributed by atoms with Gasteiger partial charge < -0.3 is 10.1 Å². The quantitative estimate of drug-likeness (QED) is 0.192. The number of benzene rings is 2. The molecule has 4 amide bonds. The SMILES string of the molecule is C[C@@H]1C(=O)N(CCCOc2ccc(S(=O)(=O)C3(C(=O)NO)CCNCC3)cc2)C(=O)N1c1ccccc1. The van der Waals surface area contributed by atoms with E-state index in [1.807, 2.05) is 6.07 Å². The van der Waals surface area contributed by atoms with Gasteiger partial charge in [-0.2, -0.15) is 0 Å². The molecule has 2 aromatic rings. The molecule has 2 aliphatic rings. The third-order valence-corrected chi connectivity index (χ3v) is 9.37. The van der Waals surface area contributed by atoms with Gasteiger partial charge in [0.25, 0.3) is 11.8 Å². The van der Waals surface area contributed by atoms with Crippen LogP contribution in [0.1, 0.15) is 26.2 Å². The number of imide groups is 1. The Morgan fingerprint density at radius 2 is 1.76 bits per heavy atom. The van der Waals surface area contributed by atoms with Crippen molar-refractivity contribution in [3.63, 3.8) is 0 Å². The topological polar surface area (TPSA) is 145 Å². The molecule has 2 fully saturated rings. The first-order chi connectivity index (χ1) is 17.7. The van der Waals surface area contributed by atoms with E-state index < -0.39 is 26.5 Å². The summed E-state index contributed by atoms with van der Waals surface area (Å²) in [4.78, 5) is 40.5. The minimum Gasteiger partial charge on any atom is -0.494 e. The molecular formula is C25H30N4O7S. The van der Waals surface area contributed by atoms with E-state index in [1.165, 1.54) is 39.5 Å². The molecule has 2 saturated heterocycles. The number of anilines is 1. The van der Waals surface area contributed by atoms with Gasteiger partial charge in [0.15, 0.2) is 14.6 Å². The number of carbonyl (C=O) groups excluding carboxylic acids is 3. The Morgan fingerprint density at radius 3 is 2.38 bits per heavy atom. The number of piperidine rings is 1. The Balaban J connectivity index is 1.35. The predicted molar refractivity (Wildman–Crippen MR) is 134 cm³/mol. The number of hydrogen-bond donors (Lipinski definition) is 3. The number of ether oxygens (including phenoxy) is 1. The Kier molecular flexibility index (Phi) is 7.81. The maximum Gasteiger partial charge on any atom is 0.331 e.